The summed E-state index contributed by atoms with van der Waals surface area (Å²) in [4.78, 5) is 15.9. The minimum Gasteiger partial charge on any atom is -0.497 e. The van der Waals surface area contributed by atoms with Gasteiger partial charge in [-0.15, -0.1) is 0 Å². The minimum absolute atomic E-state index is 0.0316. The second-order valence-corrected chi connectivity index (χ2v) is 9.16. The standard InChI is InChI=1S/C29H26INO2/c1-21(23-13-16-26(33-2)17-14-23)31(20-22-9-5-3-6-10-22)28-18-15-25(30)19-27(28)29(32)24-11-7-4-8-12-24/h3-19,21H,20H2,1-2H3. The fourth-order valence-electron chi connectivity index (χ4n) is 3.96. The molecule has 33 heavy (non-hydrogen) atoms. The zero-order chi connectivity index (χ0) is 23.2. The molecule has 4 aromatic rings. The van der Waals surface area contributed by atoms with Crippen molar-refractivity contribution >= 4 is 34.1 Å². The molecule has 4 rings (SSSR count). The van der Waals surface area contributed by atoms with E-state index >= 15 is 0 Å². The molecule has 4 aromatic carbocycles. The fourth-order valence-corrected chi connectivity index (χ4v) is 4.45. The van der Waals surface area contributed by atoms with Crippen molar-refractivity contribution in [3.63, 3.8) is 0 Å². The molecule has 166 valence electrons. The molecule has 0 aliphatic carbocycles. The number of nitrogens with zero attached hydrogens (tertiary/aromatic N) is 1. The average molecular weight is 547 g/mol. The zero-order valence-corrected chi connectivity index (χ0v) is 20.9. The van der Waals surface area contributed by atoms with Gasteiger partial charge in [0, 0.05) is 26.9 Å². The molecule has 0 radical (unpaired) electrons. The van der Waals surface area contributed by atoms with Crippen LogP contribution in [0, 0.1) is 3.57 Å². The van der Waals surface area contributed by atoms with Gasteiger partial charge in [-0.2, -0.15) is 0 Å². The number of halogens is 1. The summed E-state index contributed by atoms with van der Waals surface area (Å²) < 4.78 is 6.38. The summed E-state index contributed by atoms with van der Waals surface area (Å²) in [5, 5.41) is 0. The summed E-state index contributed by atoms with van der Waals surface area (Å²) in [6.45, 7) is 2.86. The number of carbonyl (C=O) groups excluding carboxylic acids is 1. The van der Waals surface area contributed by atoms with Crippen LogP contribution in [0.2, 0.25) is 0 Å². The highest BCUT2D eigenvalue weighted by Crippen LogP contribution is 2.34. The van der Waals surface area contributed by atoms with Gasteiger partial charge in [-0.05, 0) is 71.0 Å². The van der Waals surface area contributed by atoms with E-state index in [4.69, 9.17) is 4.74 Å². The van der Waals surface area contributed by atoms with E-state index in [9.17, 15) is 4.79 Å². The number of ketones is 1. The molecule has 4 heteroatoms. The predicted molar refractivity (Wildman–Crippen MR) is 143 cm³/mol. The Hall–Kier alpha value is -3.12. The van der Waals surface area contributed by atoms with Gasteiger partial charge in [-0.25, -0.2) is 0 Å². The van der Waals surface area contributed by atoms with Crippen LogP contribution in [0.1, 0.15) is 40.0 Å². The van der Waals surface area contributed by atoms with Crippen LogP contribution < -0.4 is 9.64 Å². The summed E-state index contributed by atoms with van der Waals surface area (Å²) in [6.07, 6.45) is 0. The van der Waals surface area contributed by atoms with Gasteiger partial charge in [0.15, 0.2) is 5.78 Å². The normalized spacial score (nSPS) is 11.6. The lowest BCUT2D eigenvalue weighted by Gasteiger charge is -2.33. The first-order valence-corrected chi connectivity index (χ1v) is 12.0. The molecule has 0 saturated heterocycles. The monoisotopic (exact) mass is 547 g/mol. The molecule has 0 aliphatic rings. The first-order valence-electron chi connectivity index (χ1n) is 10.9. The Bertz CT molecular complexity index is 1210. The summed E-state index contributed by atoms with van der Waals surface area (Å²) in [7, 11) is 1.67. The molecule has 0 aromatic heterocycles. The number of methoxy groups -OCH3 is 1. The molecule has 0 aliphatic heterocycles. The Morgan fingerprint density at radius 1 is 0.879 bits per heavy atom. The molecule has 0 saturated carbocycles. The third-order valence-electron chi connectivity index (χ3n) is 5.81. The highest BCUT2D eigenvalue weighted by atomic mass is 127. The van der Waals surface area contributed by atoms with Gasteiger partial charge in [0.05, 0.1) is 13.2 Å². The van der Waals surface area contributed by atoms with E-state index in [2.05, 4.69) is 82.9 Å². The maximum Gasteiger partial charge on any atom is 0.195 e. The summed E-state index contributed by atoms with van der Waals surface area (Å²) in [6, 6.07) is 34.2. The number of anilines is 1. The van der Waals surface area contributed by atoms with Crippen LogP contribution in [0.4, 0.5) is 5.69 Å². The molecular weight excluding hydrogens is 521 g/mol. The predicted octanol–water partition coefficient (Wildman–Crippen LogP) is 7.30. The first-order chi connectivity index (χ1) is 16.1. The van der Waals surface area contributed by atoms with Crippen LogP contribution in [0.15, 0.2) is 103 Å². The quantitative estimate of drug-likeness (QED) is 0.171. The van der Waals surface area contributed by atoms with Crippen LogP contribution in [0.3, 0.4) is 0 Å². The number of ether oxygens (including phenoxy) is 1. The second-order valence-electron chi connectivity index (χ2n) is 7.92. The first kappa shape index (κ1) is 23.1. The Morgan fingerprint density at radius 3 is 2.15 bits per heavy atom. The number of hydrogen-bond donors (Lipinski definition) is 0. The molecule has 0 N–H and O–H groups in total. The smallest absolute Gasteiger partial charge is 0.195 e. The van der Waals surface area contributed by atoms with E-state index < -0.39 is 0 Å². The van der Waals surface area contributed by atoms with Gasteiger partial charge in [0.25, 0.3) is 0 Å². The number of rotatable bonds is 8. The highest BCUT2D eigenvalue weighted by Gasteiger charge is 2.23. The zero-order valence-electron chi connectivity index (χ0n) is 18.7. The topological polar surface area (TPSA) is 29.5 Å². The van der Waals surface area contributed by atoms with Crippen molar-refractivity contribution in [1.82, 2.24) is 0 Å². The Labute approximate surface area is 209 Å². The molecule has 0 fully saturated rings. The third kappa shape index (κ3) is 5.45. The second kappa shape index (κ2) is 10.7. The van der Waals surface area contributed by atoms with Gasteiger partial charge < -0.3 is 9.64 Å². The van der Waals surface area contributed by atoms with Crippen molar-refractivity contribution in [3.05, 3.63) is 129 Å². The van der Waals surface area contributed by atoms with Crippen LogP contribution in [0.25, 0.3) is 0 Å². The molecule has 0 amide bonds. The van der Waals surface area contributed by atoms with E-state index in [-0.39, 0.29) is 11.8 Å². The largest absolute Gasteiger partial charge is 0.497 e. The summed E-state index contributed by atoms with van der Waals surface area (Å²) in [5.74, 6) is 0.860. The van der Waals surface area contributed by atoms with E-state index in [1.807, 2.05) is 54.6 Å². The van der Waals surface area contributed by atoms with Crippen LogP contribution in [0.5, 0.6) is 5.75 Å². The van der Waals surface area contributed by atoms with Gasteiger partial charge in [-0.1, -0.05) is 72.8 Å². The van der Waals surface area contributed by atoms with E-state index in [0.29, 0.717) is 17.7 Å². The maximum atomic E-state index is 13.6. The summed E-state index contributed by atoms with van der Waals surface area (Å²) >= 11 is 2.27. The average Bonchev–Trinajstić information content (AvgIpc) is 2.88. The fraction of sp³-hybridized carbons (Fsp3) is 0.138. The molecule has 0 heterocycles. The van der Waals surface area contributed by atoms with Crippen molar-refractivity contribution in [3.8, 4) is 5.75 Å². The van der Waals surface area contributed by atoms with Crippen LogP contribution in [-0.2, 0) is 6.54 Å². The molecular formula is C29H26INO2. The lowest BCUT2D eigenvalue weighted by molar-refractivity contribution is 0.103. The lowest BCUT2D eigenvalue weighted by atomic mass is 9.98. The maximum absolute atomic E-state index is 13.6. The van der Waals surface area contributed by atoms with Crippen molar-refractivity contribution in [1.29, 1.82) is 0 Å². The van der Waals surface area contributed by atoms with Crippen molar-refractivity contribution in [2.45, 2.75) is 19.5 Å². The van der Waals surface area contributed by atoms with Gasteiger partial charge in [-0.3, -0.25) is 4.79 Å². The van der Waals surface area contributed by atoms with Gasteiger partial charge >= 0.3 is 0 Å². The van der Waals surface area contributed by atoms with Crippen LogP contribution >= 0.6 is 22.6 Å². The van der Waals surface area contributed by atoms with Gasteiger partial charge in [0.1, 0.15) is 5.75 Å². The van der Waals surface area contributed by atoms with E-state index in [1.165, 1.54) is 5.56 Å². The molecule has 1 unspecified atom stereocenters. The Kier molecular flexibility index (Phi) is 7.45. The van der Waals surface area contributed by atoms with E-state index in [0.717, 1.165) is 20.6 Å². The van der Waals surface area contributed by atoms with Crippen molar-refractivity contribution in [2.75, 3.05) is 12.0 Å². The molecule has 0 bridgehead atoms. The van der Waals surface area contributed by atoms with Crippen molar-refractivity contribution < 1.29 is 9.53 Å². The molecule has 3 nitrogen and oxygen atoms in total. The summed E-state index contributed by atoms with van der Waals surface area (Å²) in [5.41, 5.74) is 4.68. The number of hydrogen-bond acceptors (Lipinski definition) is 3. The SMILES string of the molecule is COc1ccc(C(C)N(Cc2ccccc2)c2ccc(I)cc2C(=O)c2ccccc2)cc1. The van der Waals surface area contributed by atoms with Gasteiger partial charge in [0.2, 0.25) is 0 Å². The number of benzene rings is 4. The molecule has 1 atom stereocenters. The Balaban J connectivity index is 1.80. The highest BCUT2D eigenvalue weighted by molar-refractivity contribution is 14.1. The van der Waals surface area contributed by atoms with Crippen molar-refractivity contribution in [2.24, 2.45) is 0 Å². The Morgan fingerprint density at radius 2 is 1.52 bits per heavy atom. The third-order valence-corrected chi connectivity index (χ3v) is 6.48. The minimum atomic E-state index is 0.0316. The number of carbonyl (C=O) groups is 1. The van der Waals surface area contributed by atoms with Crippen LogP contribution in [-0.4, -0.2) is 12.9 Å². The lowest BCUT2D eigenvalue weighted by Crippen LogP contribution is -2.28. The van der Waals surface area contributed by atoms with E-state index in [1.54, 1.807) is 7.11 Å². The molecule has 0 spiro atoms.